The van der Waals surface area contributed by atoms with Crippen LogP contribution in [0.15, 0.2) is 0 Å². The fourth-order valence-electron chi connectivity index (χ4n) is 0.282. The van der Waals surface area contributed by atoms with E-state index in [9.17, 15) is 4.79 Å². The predicted molar refractivity (Wildman–Crippen MR) is 35.4 cm³/mol. The second-order valence-corrected chi connectivity index (χ2v) is 1.80. The van der Waals surface area contributed by atoms with Crippen molar-refractivity contribution in [2.75, 3.05) is 13.1 Å². The van der Waals surface area contributed by atoms with E-state index >= 15 is 0 Å². The number of nitrogens with two attached hydrogens (primary N) is 1. The van der Waals surface area contributed by atoms with Crippen molar-refractivity contribution in [1.29, 1.82) is 0 Å². The van der Waals surface area contributed by atoms with Crippen molar-refractivity contribution < 1.29 is 4.79 Å². The SMILES string of the molecule is CCN(S)C(=O)CN. The van der Waals surface area contributed by atoms with Crippen LogP contribution in [0.3, 0.4) is 0 Å². The standard InChI is InChI=1S/C4H10N2OS/c1-2-6(8)4(7)3-5/h8H,2-3,5H2,1H3. The molecule has 0 aromatic rings. The van der Waals surface area contributed by atoms with E-state index in [-0.39, 0.29) is 12.5 Å². The van der Waals surface area contributed by atoms with Crippen LogP contribution in [0, 0.1) is 0 Å². The van der Waals surface area contributed by atoms with E-state index in [1.807, 2.05) is 6.92 Å². The van der Waals surface area contributed by atoms with E-state index in [0.717, 1.165) is 0 Å². The van der Waals surface area contributed by atoms with Crippen molar-refractivity contribution in [2.45, 2.75) is 6.92 Å². The summed E-state index contributed by atoms with van der Waals surface area (Å²) in [6.07, 6.45) is 0. The molecule has 4 heteroatoms. The summed E-state index contributed by atoms with van der Waals surface area (Å²) in [5.41, 5.74) is 5.01. The largest absolute Gasteiger partial charge is 0.322 e. The summed E-state index contributed by atoms with van der Waals surface area (Å²) < 4.78 is 1.28. The van der Waals surface area contributed by atoms with Gasteiger partial charge in [0.2, 0.25) is 5.91 Å². The molecule has 2 N–H and O–H groups in total. The second kappa shape index (κ2) is 3.74. The highest BCUT2D eigenvalue weighted by Crippen LogP contribution is 1.89. The third-order valence-corrected chi connectivity index (χ3v) is 1.27. The molecule has 0 bridgehead atoms. The first-order valence-electron chi connectivity index (χ1n) is 2.41. The lowest BCUT2D eigenvalue weighted by atomic mass is 10.6. The lowest BCUT2D eigenvalue weighted by Gasteiger charge is -2.09. The number of carbonyl (C=O) groups is 1. The number of hydrogen-bond acceptors (Lipinski definition) is 3. The molecule has 1 amide bonds. The van der Waals surface area contributed by atoms with E-state index in [1.54, 1.807) is 0 Å². The molecule has 48 valence electrons. The average Bonchev–Trinajstić information content (AvgIpc) is 1.84. The molecule has 3 nitrogen and oxygen atoms in total. The molecule has 0 aliphatic heterocycles. The second-order valence-electron chi connectivity index (χ2n) is 1.31. The van der Waals surface area contributed by atoms with Gasteiger partial charge in [-0.1, -0.05) is 12.8 Å². The molecule has 0 rings (SSSR count). The Morgan fingerprint density at radius 3 is 2.50 bits per heavy atom. The molecule has 0 spiro atoms. The van der Waals surface area contributed by atoms with E-state index in [1.165, 1.54) is 4.31 Å². The Labute approximate surface area is 54.4 Å². The van der Waals surface area contributed by atoms with Gasteiger partial charge in [-0.15, -0.1) is 0 Å². The molecule has 0 saturated heterocycles. The fraction of sp³-hybridized carbons (Fsp3) is 0.750. The van der Waals surface area contributed by atoms with Gasteiger partial charge in [0.05, 0.1) is 6.54 Å². The highest BCUT2D eigenvalue weighted by molar-refractivity contribution is 7.78. The molecule has 0 saturated carbocycles. The van der Waals surface area contributed by atoms with E-state index < -0.39 is 0 Å². The molecule has 8 heavy (non-hydrogen) atoms. The van der Waals surface area contributed by atoms with Crippen LogP contribution in [0.25, 0.3) is 0 Å². The molecular formula is C4H10N2OS. The van der Waals surface area contributed by atoms with Crippen LogP contribution in [-0.4, -0.2) is 23.3 Å². The quantitative estimate of drug-likeness (QED) is 0.506. The molecular weight excluding hydrogens is 124 g/mol. The van der Waals surface area contributed by atoms with Gasteiger partial charge in [-0.05, 0) is 6.92 Å². The molecule has 0 fully saturated rings. The molecule has 0 aliphatic carbocycles. The van der Waals surface area contributed by atoms with E-state index in [4.69, 9.17) is 5.73 Å². The highest BCUT2D eigenvalue weighted by atomic mass is 32.1. The van der Waals surface area contributed by atoms with Gasteiger partial charge in [0.25, 0.3) is 0 Å². The summed E-state index contributed by atoms with van der Waals surface area (Å²) in [4.78, 5) is 10.5. The van der Waals surface area contributed by atoms with Crippen molar-refractivity contribution >= 4 is 18.7 Å². The number of amides is 1. The van der Waals surface area contributed by atoms with Crippen LogP contribution in [0.1, 0.15) is 6.92 Å². The Bertz CT molecular complexity index is 86.1. The summed E-state index contributed by atoms with van der Waals surface area (Å²) >= 11 is 3.81. The molecule has 0 radical (unpaired) electrons. The third kappa shape index (κ3) is 2.18. The minimum atomic E-state index is -0.143. The van der Waals surface area contributed by atoms with Crippen LogP contribution in [0.2, 0.25) is 0 Å². The summed E-state index contributed by atoms with van der Waals surface area (Å²) in [7, 11) is 0. The Balaban J connectivity index is 3.46. The van der Waals surface area contributed by atoms with Crippen LogP contribution in [-0.2, 0) is 4.79 Å². The molecule has 0 aliphatic rings. The number of nitrogens with zero attached hydrogens (tertiary/aromatic N) is 1. The summed E-state index contributed by atoms with van der Waals surface area (Å²) in [5, 5.41) is 0. The van der Waals surface area contributed by atoms with Crippen molar-refractivity contribution in [3.63, 3.8) is 0 Å². The molecule has 0 heterocycles. The van der Waals surface area contributed by atoms with Gasteiger partial charge < -0.3 is 5.73 Å². The number of likely N-dealkylation sites (N-methyl/N-ethyl adjacent to an activating group) is 1. The maximum absolute atomic E-state index is 10.5. The van der Waals surface area contributed by atoms with Crippen molar-refractivity contribution in [2.24, 2.45) is 5.73 Å². The van der Waals surface area contributed by atoms with Gasteiger partial charge in [0, 0.05) is 6.54 Å². The smallest absolute Gasteiger partial charge is 0.245 e. The zero-order valence-electron chi connectivity index (χ0n) is 4.79. The van der Waals surface area contributed by atoms with Gasteiger partial charge in [-0.3, -0.25) is 9.10 Å². The summed E-state index contributed by atoms with van der Waals surface area (Å²) in [6.45, 7) is 2.47. The number of rotatable bonds is 2. The number of carbonyl (C=O) groups excluding carboxylic acids is 1. The Kier molecular flexibility index (Phi) is 3.64. The summed E-state index contributed by atoms with van der Waals surface area (Å²) in [6, 6.07) is 0. The van der Waals surface area contributed by atoms with Gasteiger partial charge in [-0.25, -0.2) is 0 Å². The average molecular weight is 134 g/mol. The van der Waals surface area contributed by atoms with Crippen molar-refractivity contribution in [3.05, 3.63) is 0 Å². The Hall–Kier alpha value is -0.220. The zero-order chi connectivity index (χ0) is 6.57. The van der Waals surface area contributed by atoms with E-state index in [2.05, 4.69) is 12.8 Å². The number of hydrogen-bond donors (Lipinski definition) is 2. The first-order chi connectivity index (χ1) is 3.72. The first kappa shape index (κ1) is 7.78. The number of thiol groups is 1. The van der Waals surface area contributed by atoms with Crippen molar-refractivity contribution in [1.82, 2.24) is 4.31 Å². The maximum Gasteiger partial charge on any atom is 0.245 e. The van der Waals surface area contributed by atoms with Gasteiger partial charge in [0.1, 0.15) is 0 Å². The van der Waals surface area contributed by atoms with Crippen LogP contribution in [0.4, 0.5) is 0 Å². The van der Waals surface area contributed by atoms with Gasteiger partial charge in [-0.2, -0.15) is 0 Å². The first-order valence-corrected chi connectivity index (χ1v) is 2.81. The van der Waals surface area contributed by atoms with Gasteiger partial charge >= 0.3 is 0 Å². The van der Waals surface area contributed by atoms with Crippen LogP contribution in [0.5, 0.6) is 0 Å². The minimum Gasteiger partial charge on any atom is -0.322 e. The summed E-state index contributed by atoms with van der Waals surface area (Å²) in [5.74, 6) is -0.143. The van der Waals surface area contributed by atoms with Crippen LogP contribution < -0.4 is 5.73 Å². The van der Waals surface area contributed by atoms with Crippen LogP contribution >= 0.6 is 12.8 Å². The zero-order valence-corrected chi connectivity index (χ0v) is 5.69. The third-order valence-electron chi connectivity index (χ3n) is 0.762. The lowest BCUT2D eigenvalue weighted by Crippen LogP contribution is -2.28. The Morgan fingerprint density at radius 2 is 2.38 bits per heavy atom. The minimum absolute atomic E-state index is 0.0390. The lowest BCUT2D eigenvalue weighted by molar-refractivity contribution is -0.124. The normalized spacial score (nSPS) is 8.88. The van der Waals surface area contributed by atoms with Crippen molar-refractivity contribution in [3.8, 4) is 0 Å². The monoisotopic (exact) mass is 134 g/mol. The molecule has 0 aromatic heterocycles. The highest BCUT2D eigenvalue weighted by Gasteiger charge is 2.01. The molecule has 0 unspecified atom stereocenters. The van der Waals surface area contributed by atoms with Gasteiger partial charge in [0.15, 0.2) is 0 Å². The maximum atomic E-state index is 10.5. The predicted octanol–water partition coefficient (Wildman–Crippen LogP) is -0.362. The molecule has 0 atom stereocenters. The Morgan fingerprint density at radius 1 is 1.88 bits per heavy atom. The topological polar surface area (TPSA) is 46.3 Å². The molecule has 0 aromatic carbocycles. The fourth-order valence-corrected chi connectivity index (χ4v) is 0.363. The van der Waals surface area contributed by atoms with E-state index in [0.29, 0.717) is 6.54 Å².